The number of carbonyl (C=O) groups excluding carboxylic acids is 2. The number of hydrogen-bond acceptors (Lipinski definition) is 11. The molecule has 4 aromatic rings. The van der Waals surface area contributed by atoms with Crippen molar-refractivity contribution in [1.82, 2.24) is 30.3 Å². The van der Waals surface area contributed by atoms with Gasteiger partial charge in [-0.3, -0.25) is 19.5 Å². The number of aryl methyl sites for hydroxylation is 2. The highest BCUT2D eigenvalue weighted by atomic mass is 32.2. The Kier molecular flexibility index (Phi) is 10.0. The summed E-state index contributed by atoms with van der Waals surface area (Å²) in [6, 6.07) is 11.0. The number of rotatable bonds is 12. The zero-order valence-corrected chi connectivity index (χ0v) is 25.1. The molecule has 0 atom stereocenters. The summed E-state index contributed by atoms with van der Waals surface area (Å²) in [6.45, 7) is 6.12. The number of aromatic nitrogens is 5. The van der Waals surface area contributed by atoms with Crippen molar-refractivity contribution in [2.75, 3.05) is 31.0 Å². The Hall–Kier alpha value is -3.62. The molecule has 0 spiro atoms. The molecule has 0 fully saturated rings. The minimum Gasteiger partial charge on any atom is -0.497 e. The van der Waals surface area contributed by atoms with Gasteiger partial charge in [0, 0.05) is 11.6 Å². The second-order valence-corrected chi connectivity index (χ2v) is 11.9. The molecule has 0 aliphatic heterocycles. The Bertz CT molecular complexity index is 1480. The molecule has 0 saturated heterocycles. The van der Waals surface area contributed by atoms with Crippen LogP contribution in [0.25, 0.3) is 5.69 Å². The van der Waals surface area contributed by atoms with E-state index in [1.54, 1.807) is 30.0 Å². The fraction of sp³-hybridized carbons (Fsp3) is 0.308. The molecule has 0 unspecified atom stereocenters. The van der Waals surface area contributed by atoms with E-state index in [1.807, 2.05) is 43.5 Å². The van der Waals surface area contributed by atoms with Crippen molar-refractivity contribution < 1.29 is 19.1 Å². The number of thioether (sulfide) groups is 2. The van der Waals surface area contributed by atoms with Gasteiger partial charge >= 0.3 is 0 Å². The number of nitrogens with zero attached hydrogens (tertiary/aromatic N) is 5. The molecular formula is C26H29N7O4S3. The van der Waals surface area contributed by atoms with E-state index in [9.17, 15) is 9.59 Å². The quantitative estimate of drug-likeness (QED) is 0.177. The lowest BCUT2D eigenvalue weighted by atomic mass is 10.1. The van der Waals surface area contributed by atoms with E-state index in [1.165, 1.54) is 37.3 Å². The van der Waals surface area contributed by atoms with Gasteiger partial charge in [0.1, 0.15) is 11.5 Å². The van der Waals surface area contributed by atoms with Gasteiger partial charge in [0.05, 0.1) is 32.2 Å². The van der Waals surface area contributed by atoms with Gasteiger partial charge < -0.3 is 14.8 Å². The first-order valence-electron chi connectivity index (χ1n) is 12.2. The van der Waals surface area contributed by atoms with Crippen LogP contribution >= 0.6 is 34.9 Å². The van der Waals surface area contributed by atoms with Crippen LogP contribution in [0.15, 0.2) is 45.9 Å². The third-order valence-electron chi connectivity index (χ3n) is 5.58. The SMILES string of the molecule is CCSc1nnc(NC(=O)CSc2nnc(CNC(=O)c3cc(OC)cc(OC)c3)n2-c2cc(C)ccc2C)s1. The Balaban J connectivity index is 1.53. The molecule has 2 heterocycles. The number of amides is 2. The topological polar surface area (TPSA) is 133 Å². The molecule has 0 radical (unpaired) electrons. The molecule has 0 aliphatic carbocycles. The van der Waals surface area contributed by atoms with Gasteiger partial charge in [0.15, 0.2) is 15.3 Å². The number of methoxy groups -OCH3 is 2. The third kappa shape index (κ3) is 7.31. The van der Waals surface area contributed by atoms with Crippen LogP contribution < -0.4 is 20.1 Å². The van der Waals surface area contributed by atoms with Crippen molar-refractivity contribution >= 4 is 51.8 Å². The highest BCUT2D eigenvalue weighted by Gasteiger charge is 2.19. The summed E-state index contributed by atoms with van der Waals surface area (Å²) in [5.41, 5.74) is 3.30. The van der Waals surface area contributed by atoms with Gasteiger partial charge in [-0.15, -0.1) is 20.4 Å². The van der Waals surface area contributed by atoms with Crippen molar-refractivity contribution in [2.45, 2.75) is 36.8 Å². The molecule has 210 valence electrons. The third-order valence-corrected chi connectivity index (χ3v) is 8.36. The molecule has 14 heteroatoms. The molecule has 0 aliphatic rings. The van der Waals surface area contributed by atoms with Crippen LogP contribution in [-0.2, 0) is 11.3 Å². The van der Waals surface area contributed by atoms with Crippen LogP contribution in [0.1, 0.15) is 34.2 Å². The second kappa shape index (κ2) is 13.6. The Morgan fingerprint density at radius 3 is 2.42 bits per heavy atom. The first kappa shape index (κ1) is 29.4. The second-order valence-electron chi connectivity index (χ2n) is 8.45. The smallest absolute Gasteiger partial charge is 0.251 e. The highest BCUT2D eigenvalue weighted by Crippen LogP contribution is 2.28. The van der Waals surface area contributed by atoms with Crippen LogP contribution in [-0.4, -0.2) is 62.5 Å². The number of hydrogen-bond donors (Lipinski definition) is 2. The predicted molar refractivity (Wildman–Crippen MR) is 157 cm³/mol. The van der Waals surface area contributed by atoms with Crippen LogP contribution in [0.2, 0.25) is 0 Å². The first-order valence-corrected chi connectivity index (χ1v) is 15.0. The van der Waals surface area contributed by atoms with E-state index in [0.29, 0.717) is 33.2 Å². The van der Waals surface area contributed by atoms with E-state index in [0.717, 1.165) is 26.9 Å². The van der Waals surface area contributed by atoms with E-state index >= 15 is 0 Å². The number of carbonyl (C=O) groups is 2. The fourth-order valence-corrected chi connectivity index (χ4v) is 6.07. The van der Waals surface area contributed by atoms with E-state index in [2.05, 4.69) is 31.0 Å². The van der Waals surface area contributed by atoms with Crippen molar-refractivity contribution in [3.05, 3.63) is 58.9 Å². The summed E-state index contributed by atoms with van der Waals surface area (Å²) in [5.74, 6) is 1.95. The lowest BCUT2D eigenvalue weighted by Crippen LogP contribution is -2.25. The minimum atomic E-state index is -0.320. The van der Waals surface area contributed by atoms with Crippen molar-refractivity contribution in [1.29, 1.82) is 0 Å². The van der Waals surface area contributed by atoms with E-state index in [-0.39, 0.29) is 24.1 Å². The molecule has 2 N–H and O–H groups in total. The summed E-state index contributed by atoms with van der Waals surface area (Å²) in [4.78, 5) is 25.7. The zero-order valence-electron chi connectivity index (χ0n) is 22.7. The Morgan fingerprint density at radius 1 is 0.975 bits per heavy atom. The first-order chi connectivity index (χ1) is 19.3. The number of ether oxygens (including phenoxy) is 2. The molecule has 40 heavy (non-hydrogen) atoms. The van der Waals surface area contributed by atoms with Gasteiger partial charge in [-0.2, -0.15) is 0 Å². The molecule has 0 bridgehead atoms. The summed E-state index contributed by atoms with van der Waals surface area (Å²) in [5, 5.41) is 23.5. The largest absolute Gasteiger partial charge is 0.497 e. The molecular weight excluding hydrogens is 571 g/mol. The maximum atomic E-state index is 13.0. The standard InChI is InChI=1S/C26H29N7O4S3/c1-6-38-26-32-30-24(40-26)28-22(34)14-39-25-31-29-21(33(25)20-9-15(2)7-8-16(20)3)13-27-23(35)17-10-18(36-4)12-19(11-17)37-5/h7-12H,6,13-14H2,1-5H3,(H,27,35)(H,28,30,34). The van der Waals surface area contributed by atoms with Gasteiger partial charge in [-0.05, 0) is 48.9 Å². The predicted octanol–water partition coefficient (Wildman–Crippen LogP) is 4.53. The molecule has 2 aromatic heterocycles. The normalized spacial score (nSPS) is 10.8. The van der Waals surface area contributed by atoms with E-state index in [4.69, 9.17) is 9.47 Å². The fourth-order valence-electron chi connectivity index (χ4n) is 3.64. The Morgan fingerprint density at radius 2 is 1.73 bits per heavy atom. The van der Waals surface area contributed by atoms with Gasteiger partial charge in [0.2, 0.25) is 11.0 Å². The molecule has 11 nitrogen and oxygen atoms in total. The summed E-state index contributed by atoms with van der Waals surface area (Å²) in [7, 11) is 3.05. The molecule has 4 rings (SSSR count). The van der Waals surface area contributed by atoms with Gasteiger partial charge in [-0.25, -0.2) is 0 Å². The van der Waals surface area contributed by atoms with Crippen LogP contribution in [0.5, 0.6) is 11.5 Å². The molecule has 2 aromatic carbocycles. The average Bonchev–Trinajstić information content (AvgIpc) is 3.57. The lowest BCUT2D eigenvalue weighted by molar-refractivity contribution is -0.113. The Labute approximate surface area is 244 Å². The molecule has 0 saturated carbocycles. The van der Waals surface area contributed by atoms with Crippen LogP contribution in [0.3, 0.4) is 0 Å². The van der Waals surface area contributed by atoms with Gasteiger partial charge in [-0.1, -0.05) is 53.9 Å². The molecule has 2 amide bonds. The van der Waals surface area contributed by atoms with Crippen LogP contribution in [0.4, 0.5) is 5.13 Å². The summed E-state index contributed by atoms with van der Waals surface area (Å²) >= 11 is 4.15. The average molecular weight is 600 g/mol. The number of nitrogens with one attached hydrogen (secondary N) is 2. The maximum Gasteiger partial charge on any atom is 0.251 e. The summed E-state index contributed by atoms with van der Waals surface area (Å²) < 4.78 is 13.2. The van der Waals surface area contributed by atoms with E-state index < -0.39 is 0 Å². The van der Waals surface area contributed by atoms with Crippen LogP contribution in [0, 0.1) is 13.8 Å². The number of benzene rings is 2. The van der Waals surface area contributed by atoms with Gasteiger partial charge in [0.25, 0.3) is 5.91 Å². The lowest BCUT2D eigenvalue weighted by Gasteiger charge is -2.14. The monoisotopic (exact) mass is 599 g/mol. The minimum absolute atomic E-state index is 0.0921. The van der Waals surface area contributed by atoms with Crippen molar-refractivity contribution in [3.8, 4) is 17.2 Å². The van der Waals surface area contributed by atoms with Crippen molar-refractivity contribution in [2.24, 2.45) is 0 Å². The zero-order chi connectivity index (χ0) is 28.6. The maximum absolute atomic E-state index is 13.0. The summed E-state index contributed by atoms with van der Waals surface area (Å²) in [6.07, 6.45) is 0. The highest BCUT2D eigenvalue weighted by molar-refractivity contribution is 8.01. The number of anilines is 1. The van der Waals surface area contributed by atoms with Crippen molar-refractivity contribution in [3.63, 3.8) is 0 Å².